The third kappa shape index (κ3) is 3.24. The Balaban J connectivity index is 1.94. The van der Waals surface area contributed by atoms with E-state index < -0.39 is 0 Å². The van der Waals surface area contributed by atoms with E-state index in [4.69, 9.17) is 4.42 Å². The molecule has 0 aliphatic carbocycles. The highest BCUT2D eigenvalue weighted by Gasteiger charge is 2.11. The van der Waals surface area contributed by atoms with Gasteiger partial charge in [0.2, 0.25) is 5.36 Å². The molecule has 0 saturated heterocycles. The van der Waals surface area contributed by atoms with Gasteiger partial charge >= 0.3 is 0 Å². The van der Waals surface area contributed by atoms with E-state index in [1.165, 1.54) is 10.9 Å². The van der Waals surface area contributed by atoms with Crippen molar-refractivity contribution >= 4 is 11.0 Å². The third-order valence-electron chi connectivity index (χ3n) is 4.38. The average Bonchev–Trinajstić information content (AvgIpc) is 2.68. The standard InChI is InChI=1S/C23H20NO/c1-24(17-18-10-4-2-5-11-18)21-16-23(19-12-6-3-7-13-19)25-22-15-9-8-14-20(21)22/h2-16H,17H2,1H3/q+1. The van der Waals surface area contributed by atoms with Crippen LogP contribution in [-0.2, 0) is 6.54 Å². The summed E-state index contributed by atoms with van der Waals surface area (Å²) in [5.74, 6) is 0.884. The topological polar surface area (TPSA) is 16.1 Å². The van der Waals surface area contributed by atoms with Crippen molar-refractivity contribution in [2.24, 2.45) is 0 Å². The van der Waals surface area contributed by atoms with Gasteiger partial charge in [0.15, 0.2) is 6.54 Å². The molecule has 0 unspecified atom stereocenters. The lowest BCUT2D eigenvalue weighted by Gasteiger charge is -2.05. The zero-order chi connectivity index (χ0) is 17.1. The molecular weight excluding hydrogens is 306 g/mol. The van der Waals surface area contributed by atoms with Gasteiger partial charge in [-0.3, -0.25) is 0 Å². The highest BCUT2D eigenvalue weighted by molar-refractivity contribution is 5.78. The molecule has 0 amide bonds. The molecule has 25 heavy (non-hydrogen) atoms. The number of fused-ring (bicyclic) bond motifs is 1. The van der Waals surface area contributed by atoms with Crippen molar-refractivity contribution in [3.8, 4) is 11.3 Å². The quantitative estimate of drug-likeness (QED) is 0.498. The molecule has 0 saturated carbocycles. The number of hydrogen-bond acceptors (Lipinski definition) is 1. The fourth-order valence-electron chi connectivity index (χ4n) is 3.12. The van der Waals surface area contributed by atoms with Gasteiger partial charge in [-0.2, -0.15) is 0 Å². The molecular formula is C23H20NO+. The normalized spacial score (nSPS) is 12.2. The molecule has 4 rings (SSSR count). The van der Waals surface area contributed by atoms with Crippen molar-refractivity contribution < 1.29 is 4.42 Å². The molecule has 1 aromatic heterocycles. The fourth-order valence-corrected chi connectivity index (χ4v) is 3.12. The summed E-state index contributed by atoms with van der Waals surface area (Å²) in [7, 11) is 2.13. The van der Waals surface area contributed by atoms with Crippen LogP contribution in [0.15, 0.2) is 95.4 Å². The van der Waals surface area contributed by atoms with Crippen molar-refractivity contribution in [3.63, 3.8) is 0 Å². The lowest BCUT2D eigenvalue weighted by molar-refractivity contribution is 0.608. The molecule has 2 nitrogen and oxygen atoms in total. The first-order valence-corrected chi connectivity index (χ1v) is 8.47. The van der Waals surface area contributed by atoms with Crippen LogP contribution in [-0.4, -0.2) is 7.05 Å². The second kappa shape index (κ2) is 6.78. The summed E-state index contributed by atoms with van der Waals surface area (Å²) in [5, 5.41) is 2.30. The SMILES string of the molecule is C[N+](Cc1ccccc1)=c1cc(-c2ccccc2)oc2ccccc12. The molecule has 2 heteroatoms. The first-order valence-electron chi connectivity index (χ1n) is 8.47. The summed E-state index contributed by atoms with van der Waals surface area (Å²) in [4.78, 5) is 0. The van der Waals surface area contributed by atoms with Crippen molar-refractivity contribution in [1.29, 1.82) is 0 Å². The molecule has 0 N–H and O–H groups in total. The second-order valence-corrected chi connectivity index (χ2v) is 6.20. The van der Waals surface area contributed by atoms with Crippen LogP contribution in [0.5, 0.6) is 0 Å². The summed E-state index contributed by atoms with van der Waals surface area (Å²) in [6, 6.07) is 31.1. The van der Waals surface area contributed by atoms with Crippen molar-refractivity contribution in [3.05, 3.63) is 102 Å². The Bertz CT molecular complexity index is 1060. The Morgan fingerprint density at radius 3 is 2.16 bits per heavy atom. The van der Waals surface area contributed by atoms with Gasteiger partial charge in [0.25, 0.3) is 0 Å². The minimum atomic E-state index is 0.850. The summed E-state index contributed by atoms with van der Waals surface area (Å²) in [6.07, 6.45) is 0. The van der Waals surface area contributed by atoms with E-state index in [-0.39, 0.29) is 0 Å². The van der Waals surface area contributed by atoms with Gasteiger partial charge in [-0.1, -0.05) is 72.8 Å². The van der Waals surface area contributed by atoms with Crippen LogP contribution in [0.1, 0.15) is 5.56 Å². The van der Waals surface area contributed by atoms with Crippen LogP contribution < -0.4 is 9.93 Å². The molecule has 4 aromatic rings. The Morgan fingerprint density at radius 1 is 0.760 bits per heavy atom. The van der Waals surface area contributed by atoms with Crippen LogP contribution in [0.4, 0.5) is 0 Å². The van der Waals surface area contributed by atoms with Gasteiger partial charge in [-0.05, 0) is 12.1 Å². The molecule has 0 radical (unpaired) electrons. The number of para-hydroxylation sites is 1. The average molecular weight is 326 g/mol. The largest absolute Gasteiger partial charge is 0.456 e. The summed E-state index contributed by atoms with van der Waals surface area (Å²) in [5.41, 5.74) is 3.28. The van der Waals surface area contributed by atoms with E-state index in [0.717, 1.165) is 28.8 Å². The van der Waals surface area contributed by atoms with Crippen LogP contribution in [0.25, 0.3) is 22.3 Å². The monoisotopic (exact) mass is 326 g/mol. The van der Waals surface area contributed by atoms with Gasteiger partial charge < -0.3 is 4.42 Å². The van der Waals surface area contributed by atoms with Crippen LogP contribution in [0.2, 0.25) is 0 Å². The summed E-state index contributed by atoms with van der Waals surface area (Å²) < 4.78 is 8.44. The first kappa shape index (κ1) is 15.4. The molecule has 3 aromatic carbocycles. The van der Waals surface area contributed by atoms with Gasteiger partial charge in [-0.15, -0.1) is 0 Å². The maximum absolute atomic E-state index is 6.16. The van der Waals surface area contributed by atoms with E-state index in [1.807, 2.05) is 36.4 Å². The van der Waals surface area contributed by atoms with Gasteiger partial charge in [-0.25, -0.2) is 4.58 Å². The first-order chi connectivity index (χ1) is 12.3. The molecule has 0 aliphatic rings. The minimum absolute atomic E-state index is 0.850. The van der Waals surface area contributed by atoms with E-state index in [2.05, 4.69) is 66.2 Å². The van der Waals surface area contributed by atoms with Crippen molar-refractivity contribution in [2.45, 2.75) is 6.54 Å². The van der Waals surface area contributed by atoms with Gasteiger partial charge in [0.1, 0.15) is 18.4 Å². The number of nitrogens with zero attached hydrogens (tertiary/aromatic N) is 1. The molecule has 0 spiro atoms. The van der Waals surface area contributed by atoms with Crippen LogP contribution in [0, 0.1) is 0 Å². The maximum atomic E-state index is 6.16. The van der Waals surface area contributed by atoms with Crippen LogP contribution in [0.3, 0.4) is 0 Å². The smallest absolute Gasteiger partial charge is 0.214 e. The minimum Gasteiger partial charge on any atom is -0.456 e. The molecule has 0 bridgehead atoms. The fraction of sp³-hybridized carbons (Fsp3) is 0.0870. The van der Waals surface area contributed by atoms with E-state index >= 15 is 0 Å². The van der Waals surface area contributed by atoms with Crippen LogP contribution >= 0.6 is 0 Å². The predicted octanol–water partition coefficient (Wildman–Crippen LogP) is 4.70. The highest BCUT2D eigenvalue weighted by atomic mass is 16.3. The van der Waals surface area contributed by atoms with Gasteiger partial charge in [0, 0.05) is 11.1 Å². The zero-order valence-corrected chi connectivity index (χ0v) is 14.2. The highest BCUT2D eigenvalue weighted by Crippen LogP contribution is 2.21. The predicted molar refractivity (Wildman–Crippen MR) is 103 cm³/mol. The molecule has 1 heterocycles. The second-order valence-electron chi connectivity index (χ2n) is 6.20. The Hall–Kier alpha value is -3.13. The number of benzene rings is 3. The van der Waals surface area contributed by atoms with E-state index in [0.29, 0.717) is 0 Å². The maximum Gasteiger partial charge on any atom is 0.214 e. The number of hydrogen-bond donors (Lipinski definition) is 0. The molecule has 0 aliphatic heterocycles. The van der Waals surface area contributed by atoms with Crippen molar-refractivity contribution in [2.75, 3.05) is 7.05 Å². The van der Waals surface area contributed by atoms with Gasteiger partial charge in [0.05, 0.1) is 11.5 Å². The van der Waals surface area contributed by atoms with Crippen molar-refractivity contribution in [1.82, 2.24) is 4.58 Å². The zero-order valence-electron chi connectivity index (χ0n) is 14.2. The summed E-state index contributed by atoms with van der Waals surface area (Å²) in [6.45, 7) is 0.850. The Kier molecular flexibility index (Phi) is 4.17. The van der Waals surface area contributed by atoms with E-state index in [9.17, 15) is 0 Å². The molecule has 122 valence electrons. The Labute approximate surface area is 147 Å². The third-order valence-corrected chi connectivity index (χ3v) is 4.38. The molecule has 0 fully saturated rings. The Morgan fingerprint density at radius 2 is 1.40 bits per heavy atom. The molecule has 0 atom stereocenters. The lowest BCUT2D eigenvalue weighted by Crippen LogP contribution is -2.26. The number of rotatable bonds is 3. The lowest BCUT2D eigenvalue weighted by atomic mass is 10.1. The van der Waals surface area contributed by atoms with E-state index in [1.54, 1.807) is 0 Å². The summed E-state index contributed by atoms with van der Waals surface area (Å²) >= 11 is 0.